The van der Waals surface area contributed by atoms with Gasteiger partial charge < -0.3 is 14.6 Å². The number of hydrogen-bond donors (Lipinski definition) is 1. The summed E-state index contributed by atoms with van der Waals surface area (Å²) in [5.74, 6) is 0. The minimum Gasteiger partial charge on any atom is -0.450 e. The molecule has 0 radical (unpaired) electrons. The summed E-state index contributed by atoms with van der Waals surface area (Å²) < 4.78 is 10.4. The van der Waals surface area contributed by atoms with Crippen molar-refractivity contribution in [2.24, 2.45) is 0 Å². The molecule has 0 amide bonds. The lowest BCUT2D eigenvalue weighted by Crippen LogP contribution is -2.36. The molecule has 4 nitrogen and oxygen atoms in total. The van der Waals surface area contributed by atoms with E-state index in [-0.39, 0.29) is 6.61 Å². The van der Waals surface area contributed by atoms with E-state index in [2.05, 4.69) is 0 Å². The van der Waals surface area contributed by atoms with Gasteiger partial charge in [0.15, 0.2) is 5.60 Å². The van der Waals surface area contributed by atoms with Gasteiger partial charge >= 0.3 is 6.16 Å². The standard InChI is InChI=1S/C13H18O4/c1-3-13(10-16-4-2,17-12(14)15)11-8-6-5-7-9-11/h5-9H,3-4,10H2,1-2H3,(H,14,15). The first-order valence-electron chi connectivity index (χ1n) is 5.70. The quantitative estimate of drug-likeness (QED) is 0.774. The molecule has 94 valence electrons. The highest BCUT2D eigenvalue weighted by atomic mass is 16.7. The normalized spacial score (nSPS) is 14.0. The maximum Gasteiger partial charge on any atom is 0.506 e. The van der Waals surface area contributed by atoms with Gasteiger partial charge in [-0.2, -0.15) is 0 Å². The van der Waals surface area contributed by atoms with Crippen LogP contribution in [0.2, 0.25) is 0 Å². The number of rotatable bonds is 6. The Morgan fingerprint density at radius 3 is 2.41 bits per heavy atom. The summed E-state index contributed by atoms with van der Waals surface area (Å²) in [5, 5.41) is 8.86. The van der Waals surface area contributed by atoms with Crippen molar-refractivity contribution in [3.63, 3.8) is 0 Å². The van der Waals surface area contributed by atoms with Crippen molar-refractivity contribution in [2.45, 2.75) is 25.9 Å². The van der Waals surface area contributed by atoms with E-state index in [1.807, 2.05) is 44.2 Å². The van der Waals surface area contributed by atoms with Crippen LogP contribution in [0.5, 0.6) is 0 Å². The van der Waals surface area contributed by atoms with Crippen molar-refractivity contribution >= 4 is 6.16 Å². The molecule has 4 heteroatoms. The Labute approximate surface area is 101 Å². The second kappa shape index (κ2) is 6.25. The van der Waals surface area contributed by atoms with Crippen molar-refractivity contribution in [3.05, 3.63) is 35.9 Å². The third-order valence-electron chi connectivity index (χ3n) is 2.69. The Morgan fingerprint density at radius 1 is 1.29 bits per heavy atom. The zero-order chi connectivity index (χ0) is 12.7. The van der Waals surface area contributed by atoms with Gasteiger partial charge in [0.25, 0.3) is 0 Å². The lowest BCUT2D eigenvalue weighted by Gasteiger charge is -2.31. The van der Waals surface area contributed by atoms with Crippen LogP contribution in [0.4, 0.5) is 4.79 Å². The molecule has 0 aliphatic rings. The second-order valence-corrected chi connectivity index (χ2v) is 3.72. The largest absolute Gasteiger partial charge is 0.506 e. The number of carboxylic acid groups (broad SMARTS) is 1. The highest BCUT2D eigenvalue weighted by Crippen LogP contribution is 2.30. The van der Waals surface area contributed by atoms with Crippen LogP contribution in [0.1, 0.15) is 25.8 Å². The zero-order valence-electron chi connectivity index (χ0n) is 10.2. The molecule has 0 aromatic heterocycles. The van der Waals surface area contributed by atoms with Crippen LogP contribution in [0, 0.1) is 0 Å². The first-order valence-corrected chi connectivity index (χ1v) is 5.70. The van der Waals surface area contributed by atoms with E-state index in [4.69, 9.17) is 14.6 Å². The van der Waals surface area contributed by atoms with Gasteiger partial charge in [-0.25, -0.2) is 4.79 Å². The van der Waals surface area contributed by atoms with E-state index in [1.54, 1.807) is 0 Å². The van der Waals surface area contributed by atoms with Crippen LogP contribution in [0.25, 0.3) is 0 Å². The second-order valence-electron chi connectivity index (χ2n) is 3.72. The molecule has 1 aromatic carbocycles. The third-order valence-corrected chi connectivity index (χ3v) is 2.69. The van der Waals surface area contributed by atoms with E-state index in [9.17, 15) is 4.79 Å². The number of carbonyl (C=O) groups is 1. The zero-order valence-corrected chi connectivity index (χ0v) is 10.2. The summed E-state index contributed by atoms with van der Waals surface area (Å²) in [4.78, 5) is 10.8. The molecular weight excluding hydrogens is 220 g/mol. The van der Waals surface area contributed by atoms with Crippen LogP contribution in [-0.2, 0) is 15.1 Å². The van der Waals surface area contributed by atoms with E-state index < -0.39 is 11.8 Å². The summed E-state index contributed by atoms with van der Waals surface area (Å²) in [6, 6.07) is 9.30. The molecule has 0 saturated heterocycles. The Kier molecular flexibility index (Phi) is 4.97. The summed E-state index contributed by atoms with van der Waals surface area (Å²) in [5.41, 5.74) is -0.0957. The summed E-state index contributed by atoms with van der Waals surface area (Å²) in [7, 11) is 0. The van der Waals surface area contributed by atoms with Gasteiger partial charge in [-0.05, 0) is 18.9 Å². The minimum atomic E-state index is -1.28. The van der Waals surface area contributed by atoms with Gasteiger partial charge in [0.1, 0.15) is 0 Å². The molecule has 1 unspecified atom stereocenters. The molecule has 1 rings (SSSR count). The molecule has 0 fully saturated rings. The summed E-state index contributed by atoms with van der Waals surface area (Å²) >= 11 is 0. The molecule has 17 heavy (non-hydrogen) atoms. The van der Waals surface area contributed by atoms with Gasteiger partial charge in [0.2, 0.25) is 0 Å². The third kappa shape index (κ3) is 3.46. The maximum atomic E-state index is 10.8. The van der Waals surface area contributed by atoms with E-state index >= 15 is 0 Å². The van der Waals surface area contributed by atoms with Gasteiger partial charge in [-0.3, -0.25) is 0 Å². The van der Waals surface area contributed by atoms with Crippen molar-refractivity contribution in [2.75, 3.05) is 13.2 Å². The Hall–Kier alpha value is -1.55. The van der Waals surface area contributed by atoms with Crippen molar-refractivity contribution in [1.29, 1.82) is 0 Å². The number of ether oxygens (including phenoxy) is 2. The molecule has 0 aliphatic carbocycles. The number of benzene rings is 1. The van der Waals surface area contributed by atoms with Gasteiger partial charge in [0, 0.05) is 6.61 Å². The predicted octanol–water partition coefficient (Wildman–Crippen LogP) is 3.02. The average molecular weight is 238 g/mol. The highest BCUT2D eigenvalue weighted by Gasteiger charge is 2.35. The number of hydrogen-bond acceptors (Lipinski definition) is 3. The molecule has 0 aliphatic heterocycles. The molecule has 0 bridgehead atoms. The highest BCUT2D eigenvalue weighted by molar-refractivity contribution is 5.58. The van der Waals surface area contributed by atoms with Crippen LogP contribution in [0.3, 0.4) is 0 Å². The molecule has 0 saturated carbocycles. The molecule has 0 heterocycles. The van der Waals surface area contributed by atoms with Gasteiger partial charge in [-0.15, -0.1) is 0 Å². The lowest BCUT2D eigenvalue weighted by molar-refractivity contribution is -0.0774. The molecule has 1 N–H and O–H groups in total. The van der Waals surface area contributed by atoms with Crippen LogP contribution >= 0.6 is 0 Å². The Morgan fingerprint density at radius 2 is 1.94 bits per heavy atom. The lowest BCUT2D eigenvalue weighted by atomic mass is 9.91. The fourth-order valence-corrected chi connectivity index (χ4v) is 1.73. The first kappa shape index (κ1) is 13.5. The minimum absolute atomic E-state index is 0.232. The molecule has 1 atom stereocenters. The van der Waals surface area contributed by atoms with Crippen molar-refractivity contribution in [1.82, 2.24) is 0 Å². The molecule has 1 aromatic rings. The first-order chi connectivity index (χ1) is 8.14. The van der Waals surface area contributed by atoms with Crippen LogP contribution in [-0.4, -0.2) is 24.5 Å². The average Bonchev–Trinajstić information content (AvgIpc) is 2.35. The van der Waals surface area contributed by atoms with E-state index in [0.29, 0.717) is 13.0 Å². The molecule has 0 spiro atoms. The maximum absolute atomic E-state index is 10.8. The van der Waals surface area contributed by atoms with Crippen molar-refractivity contribution in [3.8, 4) is 0 Å². The topological polar surface area (TPSA) is 55.8 Å². The fourth-order valence-electron chi connectivity index (χ4n) is 1.73. The Bertz CT molecular complexity index is 350. The van der Waals surface area contributed by atoms with Crippen LogP contribution < -0.4 is 0 Å². The fraction of sp³-hybridized carbons (Fsp3) is 0.462. The summed E-state index contributed by atoms with van der Waals surface area (Å²) in [6.45, 7) is 4.51. The van der Waals surface area contributed by atoms with E-state index in [1.165, 1.54) is 0 Å². The van der Waals surface area contributed by atoms with Gasteiger partial charge in [-0.1, -0.05) is 37.3 Å². The summed E-state index contributed by atoms with van der Waals surface area (Å²) in [6.07, 6.45) is -0.751. The monoisotopic (exact) mass is 238 g/mol. The van der Waals surface area contributed by atoms with Crippen molar-refractivity contribution < 1.29 is 19.4 Å². The van der Waals surface area contributed by atoms with Gasteiger partial charge in [0.05, 0.1) is 6.61 Å². The molecular formula is C13H18O4. The van der Waals surface area contributed by atoms with E-state index in [0.717, 1.165) is 5.56 Å². The predicted molar refractivity (Wildman–Crippen MR) is 64.0 cm³/mol. The Balaban J connectivity index is 3.01. The smallest absolute Gasteiger partial charge is 0.450 e. The van der Waals surface area contributed by atoms with Crippen LogP contribution in [0.15, 0.2) is 30.3 Å². The SMILES string of the molecule is CCOCC(CC)(OC(=O)O)c1ccccc1.